The van der Waals surface area contributed by atoms with Crippen molar-refractivity contribution in [2.75, 3.05) is 36.4 Å². The van der Waals surface area contributed by atoms with Gasteiger partial charge in [-0.2, -0.15) is 0 Å². The molecule has 1 aromatic rings. The normalized spacial score (nSPS) is 15.0. The zero-order chi connectivity index (χ0) is 15.8. The molecule has 1 amide bonds. The van der Waals surface area contributed by atoms with E-state index in [2.05, 4.69) is 53.6 Å². The van der Waals surface area contributed by atoms with Crippen LogP contribution in [0.15, 0.2) is 24.3 Å². The summed E-state index contributed by atoms with van der Waals surface area (Å²) in [5.74, 6) is 0.616. The van der Waals surface area contributed by atoms with Crippen LogP contribution in [0.2, 0.25) is 0 Å². The summed E-state index contributed by atoms with van der Waals surface area (Å²) in [5, 5.41) is 6.25. The number of piperidine rings is 1. The molecule has 2 rings (SSSR count). The molecule has 0 aromatic heterocycles. The molecule has 1 heterocycles. The van der Waals surface area contributed by atoms with Crippen LogP contribution in [0.4, 0.5) is 11.4 Å². The van der Waals surface area contributed by atoms with Crippen molar-refractivity contribution in [3.63, 3.8) is 0 Å². The average molecular weight is 303 g/mol. The van der Waals surface area contributed by atoms with Gasteiger partial charge in [-0.1, -0.05) is 13.8 Å². The van der Waals surface area contributed by atoms with Gasteiger partial charge in [0.2, 0.25) is 5.91 Å². The first kappa shape index (κ1) is 16.7. The number of carbonyl (C=O) groups excluding carboxylic acids is 1. The fraction of sp³-hybridized carbons (Fsp3) is 0.611. The summed E-state index contributed by atoms with van der Waals surface area (Å²) in [6.07, 6.45) is 4.46. The van der Waals surface area contributed by atoms with E-state index in [9.17, 15) is 4.79 Å². The molecule has 0 bridgehead atoms. The first-order valence-electron chi connectivity index (χ1n) is 8.51. The van der Waals surface area contributed by atoms with Gasteiger partial charge >= 0.3 is 0 Å². The minimum atomic E-state index is 0.117. The van der Waals surface area contributed by atoms with Crippen molar-refractivity contribution in [1.82, 2.24) is 5.32 Å². The molecule has 4 nitrogen and oxygen atoms in total. The third-order valence-corrected chi connectivity index (χ3v) is 3.98. The Morgan fingerprint density at radius 3 is 2.45 bits per heavy atom. The number of benzene rings is 1. The minimum Gasteiger partial charge on any atom is -0.385 e. The topological polar surface area (TPSA) is 44.4 Å². The highest BCUT2D eigenvalue weighted by molar-refractivity contribution is 5.76. The first-order valence-corrected chi connectivity index (χ1v) is 8.51. The summed E-state index contributed by atoms with van der Waals surface area (Å²) in [5.41, 5.74) is 2.39. The second kappa shape index (κ2) is 8.66. The Hall–Kier alpha value is -1.71. The third kappa shape index (κ3) is 5.58. The van der Waals surface area contributed by atoms with Crippen LogP contribution in [-0.2, 0) is 4.79 Å². The largest absolute Gasteiger partial charge is 0.385 e. The van der Waals surface area contributed by atoms with E-state index in [-0.39, 0.29) is 5.91 Å². The Morgan fingerprint density at radius 2 is 1.82 bits per heavy atom. The van der Waals surface area contributed by atoms with Crippen LogP contribution < -0.4 is 15.5 Å². The number of rotatable bonds is 7. The Morgan fingerprint density at radius 1 is 1.14 bits per heavy atom. The summed E-state index contributed by atoms with van der Waals surface area (Å²) >= 11 is 0. The fourth-order valence-corrected chi connectivity index (χ4v) is 2.67. The van der Waals surface area contributed by atoms with E-state index >= 15 is 0 Å². The summed E-state index contributed by atoms with van der Waals surface area (Å²) in [6, 6.07) is 8.56. The maximum atomic E-state index is 11.6. The van der Waals surface area contributed by atoms with Gasteiger partial charge in [0.25, 0.3) is 0 Å². The molecule has 0 spiro atoms. The Bertz CT molecular complexity index is 450. The molecule has 0 aliphatic carbocycles. The molecule has 22 heavy (non-hydrogen) atoms. The van der Waals surface area contributed by atoms with Crippen LogP contribution in [0.5, 0.6) is 0 Å². The Balaban J connectivity index is 1.71. The third-order valence-electron chi connectivity index (χ3n) is 3.98. The number of carbonyl (C=O) groups is 1. The lowest BCUT2D eigenvalue weighted by atomic mass is 10.1. The van der Waals surface area contributed by atoms with Crippen LogP contribution in [0.1, 0.15) is 39.5 Å². The quantitative estimate of drug-likeness (QED) is 0.812. The Labute approximate surface area is 134 Å². The lowest BCUT2D eigenvalue weighted by molar-refractivity contribution is -0.120. The highest BCUT2D eigenvalue weighted by atomic mass is 16.1. The second-order valence-electron chi connectivity index (χ2n) is 6.47. The van der Waals surface area contributed by atoms with E-state index in [0.29, 0.717) is 18.9 Å². The number of nitrogens with one attached hydrogen (secondary N) is 2. The van der Waals surface area contributed by atoms with Crippen LogP contribution in [0.25, 0.3) is 0 Å². The van der Waals surface area contributed by atoms with E-state index in [0.717, 1.165) is 12.2 Å². The molecule has 1 saturated heterocycles. The lowest BCUT2D eigenvalue weighted by Crippen LogP contribution is -2.29. The highest BCUT2D eigenvalue weighted by Crippen LogP contribution is 2.21. The van der Waals surface area contributed by atoms with Gasteiger partial charge in [0.1, 0.15) is 0 Å². The van der Waals surface area contributed by atoms with Crippen LogP contribution >= 0.6 is 0 Å². The van der Waals surface area contributed by atoms with Gasteiger partial charge in [-0.15, -0.1) is 0 Å². The van der Waals surface area contributed by atoms with Gasteiger partial charge in [-0.05, 0) is 49.4 Å². The molecular formula is C18H29N3O. The van der Waals surface area contributed by atoms with Gasteiger partial charge in [0.15, 0.2) is 0 Å². The fourth-order valence-electron chi connectivity index (χ4n) is 2.67. The molecule has 0 saturated carbocycles. The molecule has 0 radical (unpaired) electrons. The minimum absolute atomic E-state index is 0.117. The lowest BCUT2D eigenvalue weighted by Gasteiger charge is -2.28. The van der Waals surface area contributed by atoms with Crippen molar-refractivity contribution in [2.24, 2.45) is 5.92 Å². The molecule has 2 N–H and O–H groups in total. The molecule has 1 aromatic carbocycles. The smallest absolute Gasteiger partial charge is 0.221 e. The summed E-state index contributed by atoms with van der Waals surface area (Å²) in [4.78, 5) is 14.1. The van der Waals surface area contributed by atoms with Crippen LogP contribution in [-0.4, -0.2) is 32.1 Å². The zero-order valence-corrected chi connectivity index (χ0v) is 13.9. The average Bonchev–Trinajstić information content (AvgIpc) is 2.54. The maximum absolute atomic E-state index is 11.6. The maximum Gasteiger partial charge on any atom is 0.221 e. The van der Waals surface area contributed by atoms with Gasteiger partial charge in [-0.25, -0.2) is 0 Å². The van der Waals surface area contributed by atoms with E-state index in [1.165, 1.54) is 38.0 Å². The SMILES string of the molecule is CC(C)CNC(=O)CCNc1ccc(N2CCCCC2)cc1. The standard InChI is InChI=1S/C18H29N3O/c1-15(2)14-20-18(22)10-11-19-16-6-8-17(9-7-16)21-12-4-3-5-13-21/h6-9,15,19H,3-5,10-14H2,1-2H3,(H,20,22). The molecule has 0 atom stereocenters. The molecule has 1 fully saturated rings. The van der Waals surface area contributed by atoms with E-state index in [1.54, 1.807) is 0 Å². The van der Waals surface area contributed by atoms with Crippen LogP contribution in [0, 0.1) is 5.92 Å². The molecule has 122 valence electrons. The second-order valence-corrected chi connectivity index (χ2v) is 6.47. The van der Waals surface area contributed by atoms with Gasteiger partial charge in [-0.3, -0.25) is 4.79 Å². The number of anilines is 2. The van der Waals surface area contributed by atoms with E-state index in [1.807, 2.05) is 0 Å². The Kier molecular flexibility index (Phi) is 6.56. The molecule has 1 aliphatic rings. The highest BCUT2D eigenvalue weighted by Gasteiger charge is 2.10. The summed E-state index contributed by atoms with van der Waals surface area (Å²) in [7, 11) is 0. The summed E-state index contributed by atoms with van der Waals surface area (Å²) < 4.78 is 0. The number of nitrogens with zero attached hydrogens (tertiary/aromatic N) is 1. The van der Waals surface area contributed by atoms with Crippen molar-refractivity contribution in [1.29, 1.82) is 0 Å². The van der Waals surface area contributed by atoms with Crippen LogP contribution in [0.3, 0.4) is 0 Å². The van der Waals surface area contributed by atoms with Crippen molar-refractivity contribution in [3.05, 3.63) is 24.3 Å². The van der Waals surface area contributed by atoms with Gasteiger partial charge < -0.3 is 15.5 Å². The number of amides is 1. The van der Waals surface area contributed by atoms with Gasteiger partial charge in [0.05, 0.1) is 0 Å². The number of hydrogen-bond donors (Lipinski definition) is 2. The van der Waals surface area contributed by atoms with Crippen molar-refractivity contribution >= 4 is 17.3 Å². The zero-order valence-electron chi connectivity index (χ0n) is 13.9. The van der Waals surface area contributed by atoms with E-state index in [4.69, 9.17) is 0 Å². The van der Waals surface area contributed by atoms with Crippen molar-refractivity contribution in [3.8, 4) is 0 Å². The van der Waals surface area contributed by atoms with Crippen molar-refractivity contribution in [2.45, 2.75) is 39.5 Å². The predicted octanol–water partition coefficient (Wildman–Crippen LogP) is 3.25. The first-order chi connectivity index (χ1) is 10.6. The van der Waals surface area contributed by atoms with Gasteiger partial charge in [0, 0.05) is 44.0 Å². The molecule has 1 aliphatic heterocycles. The monoisotopic (exact) mass is 303 g/mol. The predicted molar refractivity (Wildman–Crippen MR) is 93.5 cm³/mol. The number of hydrogen-bond acceptors (Lipinski definition) is 3. The molecule has 4 heteroatoms. The molecular weight excluding hydrogens is 274 g/mol. The van der Waals surface area contributed by atoms with Crippen molar-refractivity contribution < 1.29 is 4.79 Å². The van der Waals surface area contributed by atoms with E-state index < -0.39 is 0 Å². The summed E-state index contributed by atoms with van der Waals surface area (Å²) in [6.45, 7) is 7.97. The molecule has 0 unspecified atom stereocenters.